The van der Waals surface area contributed by atoms with Gasteiger partial charge in [0.2, 0.25) is 0 Å². The van der Waals surface area contributed by atoms with Gasteiger partial charge in [0.15, 0.2) is 0 Å². The number of amides is 3. The van der Waals surface area contributed by atoms with E-state index < -0.39 is 0 Å². The first-order chi connectivity index (χ1) is 19.1. The molecular formula is C30H38N6O3. The van der Waals surface area contributed by atoms with Crippen LogP contribution in [0.3, 0.4) is 0 Å². The molecule has 0 aliphatic carbocycles. The summed E-state index contributed by atoms with van der Waals surface area (Å²) in [6.07, 6.45) is 5.17. The number of rotatable bonds is 12. The van der Waals surface area contributed by atoms with Crippen LogP contribution in [0.25, 0.3) is 0 Å². The van der Waals surface area contributed by atoms with Crippen molar-refractivity contribution in [3.63, 3.8) is 0 Å². The maximum atomic E-state index is 12.8. The molecule has 1 atom stereocenters. The number of unbranched alkanes of at least 4 members (excludes halogenated alkanes) is 1. The molecule has 9 heteroatoms. The molecule has 2 aromatic carbocycles. The van der Waals surface area contributed by atoms with Crippen LogP contribution in [0.1, 0.15) is 46.9 Å². The van der Waals surface area contributed by atoms with Crippen molar-refractivity contribution >= 4 is 23.3 Å². The molecule has 1 saturated heterocycles. The number of pyridine rings is 1. The molecule has 9 nitrogen and oxygen atoms in total. The van der Waals surface area contributed by atoms with Crippen molar-refractivity contribution in [1.82, 2.24) is 20.5 Å². The van der Waals surface area contributed by atoms with Gasteiger partial charge in [-0.3, -0.25) is 14.7 Å². The van der Waals surface area contributed by atoms with Crippen molar-refractivity contribution in [2.75, 3.05) is 50.4 Å². The number of benzene rings is 2. The van der Waals surface area contributed by atoms with Gasteiger partial charge < -0.3 is 26.4 Å². The van der Waals surface area contributed by atoms with E-state index in [1.807, 2.05) is 48.5 Å². The standard InChI is InChI=1S/C30H38N6O3/c31-25-10-4-5-12-27(25)34-29(37)28-14-13-24(22-33-28)26(11-6-7-17-36-18-20-39-21-19-36)35-30(38)32-16-15-23-8-2-1-3-9-23/h1-5,8-10,12-14,22,26H,6-7,11,15-21,31H2,(H,34,37)(H2,32,35,38). The number of hydrogen-bond donors (Lipinski definition) is 4. The lowest BCUT2D eigenvalue weighted by Gasteiger charge is -2.26. The Morgan fingerprint density at radius 2 is 1.74 bits per heavy atom. The minimum absolute atomic E-state index is 0.217. The van der Waals surface area contributed by atoms with Gasteiger partial charge in [0, 0.05) is 25.8 Å². The second-order valence-corrected chi connectivity index (χ2v) is 9.66. The zero-order valence-electron chi connectivity index (χ0n) is 22.3. The number of nitrogens with one attached hydrogen (secondary N) is 3. The Kier molecular flexibility index (Phi) is 10.7. The SMILES string of the molecule is Nc1ccccc1NC(=O)c1ccc(C(CCCCN2CCOCC2)NC(=O)NCCc2ccccc2)cn1. The van der Waals surface area contributed by atoms with Crippen molar-refractivity contribution in [3.05, 3.63) is 89.7 Å². The Bertz CT molecular complexity index is 1180. The molecule has 5 N–H and O–H groups in total. The second-order valence-electron chi connectivity index (χ2n) is 9.66. The lowest BCUT2D eigenvalue weighted by molar-refractivity contribution is 0.0370. The lowest BCUT2D eigenvalue weighted by Crippen LogP contribution is -2.39. The van der Waals surface area contributed by atoms with Crippen LogP contribution in [0.2, 0.25) is 0 Å². The maximum absolute atomic E-state index is 12.8. The van der Waals surface area contributed by atoms with E-state index in [0.717, 1.165) is 64.1 Å². The molecule has 2 heterocycles. The highest BCUT2D eigenvalue weighted by atomic mass is 16.5. The van der Waals surface area contributed by atoms with Gasteiger partial charge >= 0.3 is 6.03 Å². The van der Waals surface area contributed by atoms with E-state index in [9.17, 15) is 9.59 Å². The number of aromatic nitrogens is 1. The van der Waals surface area contributed by atoms with E-state index in [0.29, 0.717) is 17.9 Å². The van der Waals surface area contributed by atoms with Crippen LogP contribution < -0.4 is 21.7 Å². The van der Waals surface area contributed by atoms with Crippen LogP contribution in [-0.2, 0) is 11.2 Å². The number of nitrogens with two attached hydrogens (primary N) is 1. The number of carbonyl (C=O) groups is 2. The highest BCUT2D eigenvalue weighted by molar-refractivity contribution is 6.04. The average Bonchev–Trinajstić information content (AvgIpc) is 2.97. The fourth-order valence-electron chi connectivity index (χ4n) is 4.55. The van der Waals surface area contributed by atoms with E-state index >= 15 is 0 Å². The fourth-order valence-corrected chi connectivity index (χ4v) is 4.55. The molecule has 0 bridgehead atoms. The summed E-state index contributed by atoms with van der Waals surface area (Å²) in [5.41, 5.74) is 9.28. The van der Waals surface area contributed by atoms with Crippen LogP contribution in [-0.4, -0.2) is 61.2 Å². The van der Waals surface area contributed by atoms with Gasteiger partial charge in [-0.25, -0.2) is 4.79 Å². The zero-order valence-corrected chi connectivity index (χ0v) is 22.3. The average molecular weight is 531 g/mol. The normalized spacial score (nSPS) is 14.4. The Morgan fingerprint density at radius 3 is 2.49 bits per heavy atom. The highest BCUT2D eigenvalue weighted by Crippen LogP contribution is 2.21. The number of nitrogens with zero attached hydrogens (tertiary/aromatic N) is 2. The summed E-state index contributed by atoms with van der Waals surface area (Å²) in [6, 6.07) is 20.3. The largest absolute Gasteiger partial charge is 0.397 e. The third-order valence-corrected chi connectivity index (χ3v) is 6.80. The van der Waals surface area contributed by atoms with Gasteiger partial charge in [-0.2, -0.15) is 0 Å². The van der Waals surface area contributed by atoms with Crippen molar-refractivity contribution in [1.29, 1.82) is 0 Å². The highest BCUT2D eigenvalue weighted by Gasteiger charge is 2.17. The molecule has 1 aromatic heterocycles. The lowest BCUT2D eigenvalue weighted by atomic mass is 10.0. The predicted molar refractivity (Wildman–Crippen MR) is 154 cm³/mol. The van der Waals surface area contributed by atoms with Gasteiger partial charge in [-0.05, 0) is 61.6 Å². The Hall–Kier alpha value is -3.95. The van der Waals surface area contributed by atoms with Crippen LogP contribution in [0.5, 0.6) is 0 Å². The number of nitrogen functional groups attached to an aromatic ring is 1. The fraction of sp³-hybridized carbons (Fsp3) is 0.367. The van der Waals surface area contributed by atoms with Crippen molar-refractivity contribution in [3.8, 4) is 0 Å². The molecule has 1 unspecified atom stereocenters. The molecular weight excluding hydrogens is 492 g/mol. The summed E-state index contributed by atoms with van der Waals surface area (Å²) in [7, 11) is 0. The molecule has 0 radical (unpaired) electrons. The monoisotopic (exact) mass is 530 g/mol. The quantitative estimate of drug-likeness (QED) is 0.207. The summed E-state index contributed by atoms with van der Waals surface area (Å²) in [4.78, 5) is 32.3. The number of para-hydroxylation sites is 2. The van der Waals surface area contributed by atoms with Crippen LogP contribution in [0.4, 0.5) is 16.2 Å². The third kappa shape index (κ3) is 9.08. The molecule has 0 saturated carbocycles. The summed E-state index contributed by atoms with van der Waals surface area (Å²) in [5.74, 6) is -0.340. The first kappa shape index (κ1) is 28.1. The van der Waals surface area contributed by atoms with Gasteiger partial charge in [0.05, 0.1) is 30.6 Å². The summed E-state index contributed by atoms with van der Waals surface area (Å²) < 4.78 is 5.43. The molecule has 4 rings (SSSR count). The molecule has 3 aromatic rings. The molecule has 1 aliphatic heterocycles. The van der Waals surface area contributed by atoms with Crippen LogP contribution >= 0.6 is 0 Å². The molecule has 206 valence electrons. The minimum atomic E-state index is -0.340. The van der Waals surface area contributed by atoms with Gasteiger partial charge in [0.25, 0.3) is 5.91 Å². The van der Waals surface area contributed by atoms with Crippen molar-refractivity contribution in [2.45, 2.75) is 31.7 Å². The van der Waals surface area contributed by atoms with Gasteiger partial charge in [-0.15, -0.1) is 0 Å². The van der Waals surface area contributed by atoms with Crippen molar-refractivity contribution in [2.24, 2.45) is 0 Å². The zero-order chi connectivity index (χ0) is 27.3. The Balaban J connectivity index is 1.34. The van der Waals surface area contributed by atoms with E-state index in [1.165, 1.54) is 5.56 Å². The first-order valence-corrected chi connectivity index (χ1v) is 13.6. The summed E-state index contributed by atoms with van der Waals surface area (Å²) in [5, 5.41) is 8.88. The van der Waals surface area contributed by atoms with Gasteiger partial charge in [-0.1, -0.05) is 48.5 Å². The number of urea groups is 1. The molecule has 0 spiro atoms. The maximum Gasteiger partial charge on any atom is 0.315 e. The molecule has 3 amide bonds. The topological polar surface area (TPSA) is 122 Å². The number of anilines is 2. The van der Waals surface area contributed by atoms with E-state index in [1.54, 1.807) is 24.4 Å². The number of hydrogen-bond acceptors (Lipinski definition) is 6. The van der Waals surface area contributed by atoms with E-state index in [2.05, 4.69) is 25.8 Å². The predicted octanol–water partition coefficient (Wildman–Crippen LogP) is 4.00. The smallest absolute Gasteiger partial charge is 0.315 e. The molecule has 39 heavy (non-hydrogen) atoms. The Labute approximate surface area is 230 Å². The first-order valence-electron chi connectivity index (χ1n) is 13.6. The summed E-state index contributed by atoms with van der Waals surface area (Å²) >= 11 is 0. The minimum Gasteiger partial charge on any atom is -0.397 e. The van der Waals surface area contributed by atoms with E-state index in [-0.39, 0.29) is 23.7 Å². The number of carbonyl (C=O) groups excluding carboxylic acids is 2. The molecule has 1 aliphatic rings. The van der Waals surface area contributed by atoms with Crippen LogP contribution in [0.15, 0.2) is 72.9 Å². The Morgan fingerprint density at radius 1 is 0.974 bits per heavy atom. The van der Waals surface area contributed by atoms with Crippen LogP contribution in [0, 0.1) is 0 Å². The third-order valence-electron chi connectivity index (χ3n) is 6.80. The van der Waals surface area contributed by atoms with Gasteiger partial charge in [0.1, 0.15) is 5.69 Å². The molecule has 1 fully saturated rings. The number of morpholine rings is 1. The number of ether oxygens (including phenoxy) is 1. The van der Waals surface area contributed by atoms with E-state index in [4.69, 9.17) is 10.5 Å². The summed E-state index contributed by atoms with van der Waals surface area (Å²) in [6.45, 7) is 5.06. The van der Waals surface area contributed by atoms with Crippen molar-refractivity contribution < 1.29 is 14.3 Å². The second kappa shape index (κ2) is 14.8.